The topological polar surface area (TPSA) is 98.7 Å². The zero-order valence-electron chi connectivity index (χ0n) is 11.7. The first kappa shape index (κ1) is 15.9. The van der Waals surface area contributed by atoms with E-state index in [-0.39, 0.29) is 18.9 Å². The Morgan fingerprint density at radius 2 is 2.16 bits per heavy atom. The number of carbonyl (C=O) groups excluding carboxylic acids is 1. The zero-order chi connectivity index (χ0) is 14.5. The number of nitrogens with one attached hydrogen (secondary N) is 2. The summed E-state index contributed by atoms with van der Waals surface area (Å²) in [6.07, 6.45) is 2.12. The van der Waals surface area contributed by atoms with Crippen molar-refractivity contribution in [1.29, 1.82) is 0 Å². The highest BCUT2D eigenvalue weighted by Gasteiger charge is 2.40. The number of carboxylic acid groups (broad SMARTS) is 1. The third-order valence-electron chi connectivity index (χ3n) is 3.62. The maximum absolute atomic E-state index is 12.3. The van der Waals surface area contributed by atoms with Crippen LogP contribution in [0.1, 0.15) is 39.5 Å². The average Bonchev–Trinajstić information content (AvgIpc) is 2.74. The summed E-state index contributed by atoms with van der Waals surface area (Å²) in [6.45, 7) is 4.88. The fraction of sp³-hybridized carbons (Fsp3) is 0.846. The van der Waals surface area contributed by atoms with Gasteiger partial charge in [-0.15, -0.1) is 0 Å². The van der Waals surface area contributed by atoms with E-state index in [0.717, 1.165) is 25.8 Å². The first-order valence-electron chi connectivity index (χ1n) is 6.74. The molecule has 4 N–H and O–H groups in total. The molecular formula is C13H24N2O4. The third-order valence-corrected chi connectivity index (χ3v) is 3.62. The summed E-state index contributed by atoms with van der Waals surface area (Å²) in [6, 6.07) is 0. The lowest BCUT2D eigenvalue weighted by molar-refractivity contribution is -0.143. The first-order valence-corrected chi connectivity index (χ1v) is 6.74. The smallest absolute Gasteiger partial charge is 0.306 e. The number of aliphatic carboxylic acids is 1. The fourth-order valence-corrected chi connectivity index (χ4v) is 2.59. The zero-order valence-corrected chi connectivity index (χ0v) is 11.7. The molecule has 0 radical (unpaired) electrons. The Kier molecular flexibility index (Phi) is 5.31. The predicted molar refractivity (Wildman–Crippen MR) is 70.7 cm³/mol. The molecule has 1 fully saturated rings. The lowest BCUT2D eigenvalue weighted by Crippen LogP contribution is -2.48. The van der Waals surface area contributed by atoms with Crippen LogP contribution in [0.5, 0.6) is 0 Å². The Labute approximate surface area is 113 Å². The molecule has 19 heavy (non-hydrogen) atoms. The van der Waals surface area contributed by atoms with Crippen LogP contribution in [0.15, 0.2) is 0 Å². The Morgan fingerprint density at radius 1 is 1.47 bits per heavy atom. The van der Waals surface area contributed by atoms with E-state index in [0.29, 0.717) is 6.54 Å². The van der Waals surface area contributed by atoms with Gasteiger partial charge in [0, 0.05) is 13.1 Å². The number of carbonyl (C=O) groups is 2. The molecule has 1 aliphatic heterocycles. The summed E-state index contributed by atoms with van der Waals surface area (Å²) in [4.78, 5) is 22.9. The second-order valence-corrected chi connectivity index (χ2v) is 5.71. The van der Waals surface area contributed by atoms with E-state index in [9.17, 15) is 14.7 Å². The van der Waals surface area contributed by atoms with Crippen molar-refractivity contribution in [3.8, 4) is 0 Å². The Balaban J connectivity index is 2.56. The molecule has 110 valence electrons. The number of amides is 1. The summed E-state index contributed by atoms with van der Waals surface area (Å²) < 4.78 is 0. The monoisotopic (exact) mass is 272 g/mol. The Hall–Kier alpha value is -1.14. The van der Waals surface area contributed by atoms with Crippen LogP contribution in [-0.2, 0) is 9.59 Å². The standard InChI is InChI=1S/C13H24N2O4/c1-3-4-13(5-6-14-9-13)11(18)15-8-12(2,19)7-10(16)17/h14,19H,3-9H2,1-2H3,(H,15,18)(H,16,17). The van der Waals surface area contributed by atoms with E-state index >= 15 is 0 Å². The number of rotatable bonds is 7. The minimum Gasteiger partial charge on any atom is -0.481 e. The first-order chi connectivity index (χ1) is 8.81. The normalized spacial score (nSPS) is 25.8. The van der Waals surface area contributed by atoms with Gasteiger partial charge in [-0.1, -0.05) is 13.3 Å². The van der Waals surface area contributed by atoms with Gasteiger partial charge in [-0.3, -0.25) is 9.59 Å². The van der Waals surface area contributed by atoms with E-state index in [1.165, 1.54) is 6.92 Å². The molecular weight excluding hydrogens is 248 g/mol. The summed E-state index contributed by atoms with van der Waals surface area (Å²) in [7, 11) is 0. The molecule has 1 amide bonds. The molecule has 0 bridgehead atoms. The quantitative estimate of drug-likeness (QED) is 0.527. The molecule has 2 atom stereocenters. The average molecular weight is 272 g/mol. The van der Waals surface area contributed by atoms with Crippen LogP contribution in [0.25, 0.3) is 0 Å². The van der Waals surface area contributed by atoms with Crippen molar-refractivity contribution in [3.05, 3.63) is 0 Å². The van der Waals surface area contributed by atoms with Gasteiger partial charge in [0.25, 0.3) is 0 Å². The molecule has 1 heterocycles. The molecule has 0 aromatic heterocycles. The van der Waals surface area contributed by atoms with Crippen LogP contribution < -0.4 is 10.6 Å². The van der Waals surface area contributed by atoms with Gasteiger partial charge in [0.15, 0.2) is 0 Å². The van der Waals surface area contributed by atoms with Crippen LogP contribution in [0.2, 0.25) is 0 Å². The van der Waals surface area contributed by atoms with Gasteiger partial charge in [0.1, 0.15) is 0 Å². The summed E-state index contributed by atoms with van der Waals surface area (Å²) in [5.74, 6) is -1.17. The number of carboxylic acids is 1. The van der Waals surface area contributed by atoms with E-state index in [1.54, 1.807) is 0 Å². The van der Waals surface area contributed by atoms with Crippen molar-refractivity contribution < 1.29 is 19.8 Å². The van der Waals surface area contributed by atoms with Crippen molar-refractivity contribution >= 4 is 11.9 Å². The van der Waals surface area contributed by atoms with Crippen LogP contribution in [0.3, 0.4) is 0 Å². The second-order valence-electron chi connectivity index (χ2n) is 5.71. The molecule has 2 unspecified atom stereocenters. The number of hydrogen-bond acceptors (Lipinski definition) is 4. The van der Waals surface area contributed by atoms with Gasteiger partial charge in [0.2, 0.25) is 5.91 Å². The van der Waals surface area contributed by atoms with Crippen molar-refractivity contribution in [3.63, 3.8) is 0 Å². The number of aliphatic hydroxyl groups is 1. The summed E-state index contributed by atoms with van der Waals surface area (Å²) in [5.41, 5.74) is -1.82. The molecule has 0 saturated carbocycles. The Morgan fingerprint density at radius 3 is 2.63 bits per heavy atom. The minimum absolute atomic E-state index is 0.0381. The third kappa shape index (κ3) is 4.47. The number of hydrogen-bond donors (Lipinski definition) is 4. The molecule has 1 aliphatic rings. The summed E-state index contributed by atoms with van der Waals surface area (Å²) >= 11 is 0. The van der Waals surface area contributed by atoms with Gasteiger partial charge in [-0.2, -0.15) is 0 Å². The maximum Gasteiger partial charge on any atom is 0.306 e. The highest BCUT2D eigenvalue weighted by molar-refractivity contribution is 5.83. The lowest BCUT2D eigenvalue weighted by Gasteiger charge is -2.29. The van der Waals surface area contributed by atoms with Gasteiger partial charge in [0.05, 0.1) is 17.4 Å². The predicted octanol–water partition coefficient (Wildman–Crippen LogP) is 0.108. The van der Waals surface area contributed by atoms with Crippen LogP contribution in [0.4, 0.5) is 0 Å². The van der Waals surface area contributed by atoms with Crippen molar-refractivity contribution in [1.82, 2.24) is 10.6 Å². The van der Waals surface area contributed by atoms with Crippen LogP contribution in [0, 0.1) is 5.41 Å². The van der Waals surface area contributed by atoms with E-state index < -0.39 is 17.0 Å². The maximum atomic E-state index is 12.3. The van der Waals surface area contributed by atoms with E-state index in [1.807, 2.05) is 6.92 Å². The van der Waals surface area contributed by atoms with Crippen molar-refractivity contribution in [2.75, 3.05) is 19.6 Å². The lowest BCUT2D eigenvalue weighted by atomic mass is 9.81. The summed E-state index contributed by atoms with van der Waals surface area (Å²) in [5, 5.41) is 24.5. The largest absolute Gasteiger partial charge is 0.481 e. The van der Waals surface area contributed by atoms with Crippen molar-refractivity contribution in [2.45, 2.75) is 45.1 Å². The second kappa shape index (κ2) is 6.34. The minimum atomic E-state index is -1.42. The molecule has 6 heteroatoms. The van der Waals surface area contributed by atoms with Gasteiger partial charge in [-0.05, 0) is 26.3 Å². The molecule has 1 rings (SSSR count). The molecule has 0 spiro atoms. The highest BCUT2D eigenvalue weighted by Crippen LogP contribution is 2.31. The molecule has 0 aromatic rings. The molecule has 1 saturated heterocycles. The van der Waals surface area contributed by atoms with Gasteiger partial charge in [-0.25, -0.2) is 0 Å². The highest BCUT2D eigenvalue weighted by atomic mass is 16.4. The SMILES string of the molecule is CCCC1(C(=O)NCC(C)(O)CC(=O)O)CCNC1. The van der Waals surface area contributed by atoms with Gasteiger partial charge >= 0.3 is 5.97 Å². The molecule has 0 aliphatic carbocycles. The van der Waals surface area contributed by atoms with Gasteiger partial charge < -0.3 is 20.8 Å². The van der Waals surface area contributed by atoms with Crippen molar-refractivity contribution in [2.24, 2.45) is 5.41 Å². The van der Waals surface area contributed by atoms with E-state index in [2.05, 4.69) is 10.6 Å². The Bertz CT molecular complexity index is 336. The molecule has 0 aromatic carbocycles. The van der Waals surface area contributed by atoms with E-state index in [4.69, 9.17) is 5.11 Å². The fourth-order valence-electron chi connectivity index (χ4n) is 2.59. The van der Waals surface area contributed by atoms with Crippen LogP contribution in [-0.4, -0.2) is 47.3 Å². The van der Waals surface area contributed by atoms with Crippen LogP contribution >= 0.6 is 0 Å². The molecule has 6 nitrogen and oxygen atoms in total.